The molecule has 0 radical (unpaired) electrons. The second-order valence-electron chi connectivity index (χ2n) is 5.85. The summed E-state index contributed by atoms with van der Waals surface area (Å²) in [7, 11) is 0. The maximum atomic E-state index is 12.4. The largest absolute Gasteiger partial charge is 0.355 e. The van der Waals surface area contributed by atoms with Crippen molar-refractivity contribution in [2.24, 2.45) is 5.92 Å². The third kappa shape index (κ3) is 3.78. The van der Waals surface area contributed by atoms with E-state index in [1.165, 1.54) is 0 Å². The molecule has 3 N–H and O–H groups in total. The first-order valence-electron chi connectivity index (χ1n) is 7.61. The van der Waals surface area contributed by atoms with Crippen molar-refractivity contribution in [3.63, 3.8) is 0 Å². The molecular weight excluding hydrogens is 302 g/mol. The van der Waals surface area contributed by atoms with Crippen molar-refractivity contribution >= 4 is 29.9 Å². The van der Waals surface area contributed by atoms with Gasteiger partial charge in [-0.25, -0.2) is 0 Å². The molecule has 0 aromatic heterocycles. The van der Waals surface area contributed by atoms with E-state index in [-0.39, 0.29) is 36.6 Å². The molecule has 0 bridgehead atoms. The van der Waals surface area contributed by atoms with E-state index < -0.39 is 0 Å². The Morgan fingerprint density at radius 3 is 2.91 bits per heavy atom. The summed E-state index contributed by atoms with van der Waals surface area (Å²) in [6.07, 6.45) is 2.54. The van der Waals surface area contributed by atoms with Crippen LogP contribution in [-0.2, 0) is 9.59 Å². The van der Waals surface area contributed by atoms with E-state index in [2.05, 4.69) is 16.0 Å². The van der Waals surface area contributed by atoms with Crippen molar-refractivity contribution in [2.75, 3.05) is 25.0 Å². The third-order valence-corrected chi connectivity index (χ3v) is 4.28. The van der Waals surface area contributed by atoms with Gasteiger partial charge in [-0.3, -0.25) is 9.59 Å². The first-order valence-corrected chi connectivity index (χ1v) is 7.61. The molecule has 0 saturated carbocycles. The number of rotatable bonds is 3. The van der Waals surface area contributed by atoms with E-state index in [1.807, 2.05) is 24.3 Å². The molecule has 2 amide bonds. The van der Waals surface area contributed by atoms with Gasteiger partial charge in [-0.05, 0) is 43.5 Å². The predicted molar refractivity (Wildman–Crippen MR) is 88.3 cm³/mol. The van der Waals surface area contributed by atoms with Crippen LogP contribution in [0.1, 0.15) is 30.7 Å². The van der Waals surface area contributed by atoms with E-state index >= 15 is 0 Å². The average molecular weight is 324 g/mol. The molecule has 2 unspecified atom stereocenters. The number of benzene rings is 1. The summed E-state index contributed by atoms with van der Waals surface area (Å²) < 4.78 is 0. The van der Waals surface area contributed by atoms with Crippen LogP contribution in [0.4, 0.5) is 5.69 Å². The quantitative estimate of drug-likeness (QED) is 0.792. The van der Waals surface area contributed by atoms with Crippen molar-refractivity contribution in [3.8, 4) is 0 Å². The Bertz CT molecular complexity index is 544. The van der Waals surface area contributed by atoms with E-state index in [0.29, 0.717) is 12.5 Å². The van der Waals surface area contributed by atoms with Crippen LogP contribution >= 0.6 is 12.4 Å². The van der Waals surface area contributed by atoms with Gasteiger partial charge in [0.15, 0.2) is 0 Å². The van der Waals surface area contributed by atoms with Gasteiger partial charge in [-0.2, -0.15) is 0 Å². The van der Waals surface area contributed by atoms with E-state index in [0.717, 1.165) is 37.2 Å². The lowest BCUT2D eigenvalue weighted by Crippen LogP contribution is -2.41. The molecule has 0 aliphatic carbocycles. The molecular formula is C16H22ClN3O2. The molecule has 2 aliphatic heterocycles. The Labute approximate surface area is 136 Å². The lowest BCUT2D eigenvalue weighted by atomic mass is 9.89. The van der Waals surface area contributed by atoms with Crippen LogP contribution in [0, 0.1) is 5.92 Å². The Hall–Kier alpha value is -1.59. The maximum Gasteiger partial charge on any atom is 0.228 e. The fourth-order valence-electron chi connectivity index (χ4n) is 3.11. The van der Waals surface area contributed by atoms with E-state index in [4.69, 9.17) is 0 Å². The molecule has 1 saturated heterocycles. The molecule has 1 aromatic carbocycles. The molecule has 1 fully saturated rings. The van der Waals surface area contributed by atoms with Crippen molar-refractivity contribution in [2.45, 2.75) is 25.2 Å². The summed E-state index contributed by atoms with van der Waals surface area (Å²) in [5, 5.41) is 9.19. The summed E-state index contributed by atoms with van der Waals surface area (Å²) in [6.45, 7) is 2.72. The zero-order valence-corrected chi connectivity index (χ0v) is 13.2. The van der Waals surface area contributed by atoms with Crippen LogP contribution in [0.15, 0.2) is 24.3 Å². The minimum atomic E-state index is -0.369. The van der Waals surface area contributed by atoms with Gasteiger partial charge < -0.3 is 16.0 Å². The number of halogens is 1. The highest BCUT2D eigenvalue weighted by Crippen LogP contribution is 2.32. The highest BCUT2D eigenvalue weighted by Gasteiger charge is 2.30. The highest BCUT2D eigenvalue weighted by atomic mass is 35.5. The predicted octanol–water partition coefficient (Wildman–Crippen LogP) is 1.65. The van der Waals surface area contributed by atoms with Crippen LogP contribution in [0.25, 0.3) is 0 Å². The SMILES string of the molecule is Cl.O=C1CC(C(=O)NCC2CCCNC2)c2ccccc2N1. The number of amides is 2. The Morgan fingerprint density at radius 2 is 2.14 bits per heavy atom. The van der Waals surface area contributed by atoms with Gasteiger partial charge in [0.05, 0.1) is 5.92 Å². The number of para-hydroxylation sites is 1. The molecule has 5 nitrogen and oxygen atoms in total. The first kappa shape index (κ1) is 16.8. The summed E-state index contributed by atoms with van der Waals surface area (Å²) in [6, 6.07) is 7.54. The fourth-order valence-corrected chi connectivity index (χ4v) is 3.11. The molecule has 2 aliphatic rings. The smallest absolute Gasteiger partial charge is 0.228 e. The number of nitrogens with one attached hydrogen (secondary N) is 3. The van der Waals surface area contributed by atoms with Gasteiger partial charge in [-0.1, -0.05) is 18.2 Å². The highest BCUT2D eigenvalue weighted by molar-refractivity contribution is 6.01. The van der Waals surface area contributed by atoms with E-state index in [1.54, 1.807) is 0 Å². The van der Waals surface area contributed by atoms with Gasteiger partial charge in [0.1, 0.15) is 0 Å². The van der Waals surface area contributed by atoms with Crippen LogP contribution < -0.4 is 16.0 Å². The van der Waals surface area contributed by atoms with Gasteiger partial charge in [0.2, 0.25) is 11.8 Å². The number of anilines is 1. The topological polar surface area (TPSA) is 70.2 Å². The Morgan fingerprint density at radius 1 is 1.32 bits per heavy atom. The summed E-state index contributed by atoms with van der Waals surface area (Å²) >= 11 is 0. The molecule has 6 heteroatoms. The number of carbonyl (C=O) groups is 2. The summed E-state index contributed by atoms with van der Waals surface area (Å²) in [5.74, 6) is -0.00193. The molecule has 2 heterocycles. The minimum absolute atomic E-state index is 0. The summed E-state index contributed by atoms with van der Waals surface area (Å²) in [4.78, 5) is 24.2. The fraction of sp³-hybridized carbons (Fsp3) is 0.500. The monoisotopic (exact) mass is 323 g/mol. The third-order valence-electron chi connectivity index (χ3n) is 4.28. The molecule has 3 rings (SSSR count). The minimum Gasteiger partial charge on any atom is -0.355 e. The van der Waals surface area contributed by atoms with Gasteiger partial charge >= 0.3 is 0 Å². The zero-order valence-electron chi connectivity index (χ0n) is 12.4. The first-order chi connectivity index (χ1) is 10.2. The second-order valence-corrected chi connectivity index (χ2v) is 5.85. The normalized spacial score (nSPS) is 23.7. The number of carbonyl (C=O) groups excluding carboxylic acids is 2. The molecule has 0 spiro atoms. The number of piperidine rings is 1. The van der Waals surface area contributed by atoms with Crippen LogP contribution in [0.2, 0.25) is 0 Å². The average Bonchev–Trinajstić information content (AvgIpc) is 2.52. The standard InChI is InChI=1S/C16H21N3O2.ClH/c20-15-8-13(12-5-1-2-6-14(12)19-15)16(21)18-10-11-4-3-7-17-9-11;/h1-2,5-6,11,13,17H,3-4,7-10H2,(H,18,21)(H,19,20);1H. The van der Waals surface area contributed by atoms with Crippen LogP contribution in [0.3, 0.4) is 0 Å². The number of fused-ring (bicyclic) bond motifs is 1. The zero-order chi connectivity index (χ0) is 14.7. The summed E-state index contributed by atoms with van der Waals surface area (Å²) in [5.41, 5.74) is 1.67. The van der Waals surface area contributed by atoms with Gasteiger partial charge in [0.25, 0.3) is 0 Å². The lowest BCUT2D eigenvalue weighted by Gasteiger charge is -2.27. The van der Waals surface area contributed by atoms with Crippen molar-refractivity contribution < 1.29 is 9.59 Å². The van der Waals surface area contributed by atoms with Gasteiger partial charge in [-0.15, -0.1) is 12.4 Å². The van der Waals surface area contributed by atoms with Crippen molar-refractivity contribution in [1.82, 2.24) is 10.6 Å². The molecule has 1 aromatic rings. The lowest BCUT2D eigenvalue weighted by molar-refractivity contribution is -0.126. The van der Waals surface area contributed by atoms with Crippen molar-refractivity contribution in [1.29, 1.82) is 0 Å². The Balaban J connectivity index is 0.00000176. The van der Waals surface area contributed by atoms with Crippen LogP contribution in [-0.4, -0.2) is 31.4 Å². The van der Waals surface area contributed by atoms with Gasteiger partial charge in [0, 0.05) is 18.7 Å². The molecule has 2 atom stereocenters. The van der Waals surface area contributed by atoms with E-state index in [9.17, 15) is 9.59 Å². The Kier molecular flexibility index (Phi) is 5.80. The van der Waals surface area contributed by atoms with Crippen LogP contribution in [0.5, 0.6) is 0 Å². The number of hydrogen-bond donors (Lipinski definition) is 3. The molecule has 120 valence electrons. The maximum absolute atomic E-state index is 12.4. The van der Waals surface area contributed by atoms with Crippen molar-refractivity contribution in [3.05, 3.63) is 29.8 Å². The number of hydrogen-bond acceptors (Lipinski definition) is 3. The molecule has 22 heavy (non-hydrogen) atoms. The second kappa shape index (κ2) is 7.61.